The first kappa shape index (κ1) is 15.5. The first-order chi connectivity index (χ1) is 9.76. The molecule has 0 N–H and O–H groups in total. The van der Waals surface area contributed by atoms with Gasteiger partial charge >= 0.3 is 12.3 Å². The van der Waals surface area contributed by atoms with Gasteiger partial charge in [0, 0.05) is 17.7 Å². The highest BCUT2D eigenvalue weighted by Gasteiger charge is 2.36. The van der Waals surface area contributed by atoms with Gasteiger partial charge in [-0.2, -0.15) is 13.2 Å². The summed E-state index contributed by atoms with van der Waals surface area (Å²) in [6, 6.07) is 2.55. The van der Waals surface area contributed by atoms with Gasteiger partial charge in [0.05, 0.1) is 6.54 Å². The maximum absolute atomic E-state index is 13.5. The normalized spacial score (nSPS) is 14.9. The molecule has 1 saturated carbocycles. The van der Waals surface area contributed by atoms with Crippen molar-refractivity contribution in [3.8, 4) is 0 Å². The van der Waals surface area contributed by atoms with Gasteiger partial charge in [-0.15, -0.1) is 0 Å². The van der Waals surface area contributed by atoms with Crippen molar-refractivity contribution in [1.82, 2.24) is 4.90 Å². The molecule has 1 aromatic carbocycles. The second kappa shape index (κ2) is 5.87. The van der Waals surface area contributed by atoms with Gasteiger partial charge in [-0.3, -0.25) is 0 Å². The van der Waals surface area contributed by atoms with Crippen LogP contribution in [0.1, 0.15) is 18.4 Å². The molecule has 1 aliphatic rings. The van der Waals surface area contributed by atoms with Gasteiger partial charge in [0.25, 0.3) is 0 Å². The quantitative estimate of drug-likeness (QED) is 0.795. The third kappa shape index (κ3) is 4.57. The van der Waals surface area contributed by atoms with Crippen LogP contribution in [0.15, 0.2) is 18.2 Å². The lowest BCUT2D eigenvalue weighted by Gasteiger charge is -2.22. The molecule has 1 aliphatic carbocycles. The van der Waals surface area contributed by atoms with Gasteiger partial charge in [-0.1, -0.05) is 6.07 Å². The third-order valence-electron chi connectivity index (χ3n) is 2.94. The van der Waals surface area contributed by atoms with E-state index >= 15 is 0 Å². The molecule has 1 amide bonds. The summed E-state index contributed by atoms with van der Waals surface area (Å²) in [6.45, 7) is -1.95. The van der Waals surface area contributed by atoms with Crippen LogP contribution in [-0.4, -0.2) is 29.8 Å². The number of carbonyl (C=O) groups is 1. The van der Waals surface area contributed by atoms with E-state index in [9.17, 15) is 26.7 Å². The minimum absolute atomic E-state index is 0.0206. The molecule has 0 spiro atoms. The van der Waals surface area contributed by atoms with Crippen LogP contribution < -0.4 is 0 Å². The van der Waals surface area contributed by atoms with Gasteiger partial charge in [-0.05, 0) is 18.9 Å². The zero-order valence-electron chi connectivity index (χ0n) is 10.8. The Morgan fingerprint density at radius 3 is 2.48 bits per heavy atom. The number of hydrogen-bond donors (Lipinski definition) is 0. The number of ether oxygens (including phenoxy) is 1. The van der Waals surface area contributed by atoms with E-state index in [1.807, 2.05) is 0 Å². The molecular weight excluding hydrogens is 297 g/mol. The zero-order chi connectivity index (χ0) is 15.6. The van der Waals surface area contributed by atoms with Crippen LogP contribution in [0.4, 0.5) is 26.7 Å². The van der Waals surface area contributed by atoms with Crippen LogP contribution in [0, 0.1) is 11.6 Å². The molecule has 0 aromatic heterocycles. The molecule has 3 nitrogen and oxygen atoms in total. The molecule has 1 aromatic rings. The van der Waals surface area contributed by atoms with E-state index in [1.54, 1.807) is 0 Å². The molecule has 0 radical (unpaired) electrons. The van der Waals surface area contributed by atoms with E-state index in [1.165, 1.54) is 0 Å². The van der Waals surface area contributed by atoms with E-state index in [0.29, 0.717) is 18.9 Å². The van der Waals surface area contributed by atoms with E-state index in [-0.39, 0.29) is 18.2 Å². The Kier molecular flexibility index (Phi) is 4.34. The first-order valence-electron chi connectivity index (χ1n) is 6.20. The lowest BCUT2D eigenvalue weighted by Crippen LogP contribution is -2.35. The summed E-state index contributed by atoms with van der Waals surface area (Å²) >= 11 is 0. The van der Waals surface area contributed by atoms with Crippen LogP contribution in [0.2, 0.25) is 0 Å². The lowest BCUT2D eigenvalue weighted by molar-refractivity contribution is -0.162. The summed E-state index contributed by atoms with van der Waals surface area (Å²) in [4.78, 5) is 12.7. The van der Waals surface area contributed by atoms with E-state index in [4.69, 9.17) is 0 Å². The van der Waals surface area contributed by atoms with Gasteiger partial charge in [-0.25, -0.2) is 13.6 Å². The summed E-state index contributed by atoms with van der Waals surface area (Å²) in [5.41, 5.74) is 0.0206. The number of amides is 1. The first-order valence-corrected chi connectivity index (χ1v) is 6.20. The average molecular weight is 309 g/mol. The minimum Gasteiger partial charge on any atom is -0.440 e. The van der Waals surface area contributed by atoms with Crippen LogP contribution in [-0.2, 0) is 11.3 Å². The molecule has 0 saturated heterocycles. The zero-order valence-corrected chi connectivity index (χ0v) is 10.8. The Morgan fingerprint density at radius 2 is 1.95 bits per heavy atom. The van der Waals surface area contributed by atoms with Gasteiger partial charge in [0.2, 0.25) is 0 Å². The number of rotatable bonds is 4. The predicted molar refractivity (Wildman–Crippen MR) is 62.3 cm³/mol. The predicted octanol–water partition coefficient (Wildman–Crippen LogP) is 3.63. The van der Waals surface area contributed by atoms with Crippen LogP contribution in [0.5, 0.6) is 0 Å². The largest absolute Gasteiger partial charge is 0.440 e. The molecule has 8 heteroatoms. The molecular formula is C13H12F5NO2. The summed E-state index contributed by atoms with van der Waals surface area (Å²) in [6.07, 6.45) is -4.54. The number of hydrogen-bond acceptors (Lipinski definition) is 2. The maximum atomic E-state index is 13.5. The molecule has 0 aliphatic heterocycles. The fourth-order valence-corrected chi connectivity index (χ4v) is 1.79. The van der Waals surface area contributed by atoms with Crippen molar-refractivity contribution in [1.29, 1.82) is 0 Å². The van der Waals surface area contributed by atoms with Crippen molar-refractivity contribution >= 4 is 6.09 Å². The molecule has 116 valence electrons. The van der Waals surface area contributed by atoms with Crippen LogP contribution in [0.3, 0.4) is 0 Å². The standard InChI is InChI=1S/C13H12F5NO2/c14-9-2-1-8(11(15)5-9)6-19(10-3-4-10)12(20)21-7-13(16,17)18/h1-2,5,10H,3-4,6-7H2. The summed E-state index contributed by atoms with van der Waals surface area (Å²) in [5.74, 6) is -1.63. The van der Waals surface area contributed by atoms with Crippen LogP contribution in [0.25, 0.3) is 0 Å². The molecule has 0 unspecified atom stereocenters. The summed E-state index contributed by atoms with van der Waals surface area (Å²) in [5, 5.41) is 0. The van der Waals surface area contributed by atoms with Gasteiger partial charge < -0.3 is 9.64 Å². The lowest BCUT2D eigenvalue weighted by atomic mass is 10.2. The molecule has 1 fully saturated rings. The van der Waals surface area contributed by atoms with Gasteiger partial charge in [0.1, 0.15) is 11.6 Å². The highest BCUT2D eigenvalue weighted by molar-refractivity contribution is 5.68. The van der Waals surface area contributed by atoms with Crippen LogP contribution >= 0.6 is 0 Å². The highest BCUT2D eigenvalue weighted by atomic mass is 19.4. The second-order valence-electron chi connectivity index (χ2n) is 4.76. The molecule has 2 rings (SSSR count). The fraction of sp³-hybridized carbons (Fsp3) is 0.462. The number of alkyl halides is 3. The van der Waals surface area contributed by atoms with Crippen molar-refractivity contribution in [3.63, 3.8) is 0 Å². The van der Waals surface area contributed by atoms with Crippen molar-refractivity contribution in [3.05, 3.63) is 35.4 Å². The molecule has 0 atom stereocenters. The Labute approximate surface area is 117 Å². The summed E-state index contributed by atoms with van der Waals surface area (Å²) < 4.78 is 66.6. The summed E-state index contributed by atoms with van der Waals surface area (Å²) in [7, 11) is 0. The molecule has 0 heterocycles. The number of benzene rings is 1. The van der Waals surface area contributed by atoms with E-state index < -0.39 is 30.5 Å². The minimum atomic E-state index is -4.62. The highest BCUT2D eigenvalue weighted by Crippen LogP contribution is 2.30. The Bertz CT molecular complexity index is 528. The SMILES string of the molecule is O=C(OCC(F)(F)F)N(Cc1ccc(F)cc1F)C1CC1. The van der Waals surface area contributed by atoms with Crippen molar-refractivity contribution < 1.29 is 31.5 Å². The monoisotopic (exact) mass is 309 g/mol. The maximum Gasteiger partial charge on any atom is 0.422 e. The smallest absolute Gasteiger partial charge is 0.422 e. The van der Waals surface area contributed by atoms with Crippen molar-refractivity contribution in [2.24, 2.45) is 0 Å². The Hall–Kier alpha value is -1.86. The van der Waals surface area contributed by atoms with E-state index in [2.05, 4.69) is 4.74 Å². The Balaban J connectivity index is 2.04. The average Bonchev–Trinajstić information content (AvgIpc) is 3.18. The topological polar surface area (TPSA) is 29.5 Å². The molecule has 0 bridgehead atoms. The third-order valence-corrected chi connectivity index (χ3v) is 2.94. The van der Waals surface area contributed by atoms with E-state index in [0.717, 1.165) is 17.0 Å². The van der Waals surface area contributed by atoms with Gasteiger partial charge in [0.15, 0.2) is 6.61 Å². The number of carbonyl (C=O) groups excluding carboxylic acids is 1. The number of nitrogens with zero attached hydrogens (tertiary/aromatic N) is 1. The number of halogens is 5. The van der Waals surface area contributed by atoms with Crippen molar-refractivity contribution in [2.75, 3.05) is 6.61 Å². The fourth-order valence-electron chi connectivity index (χ4n) is 1.79. The second-order valence-corrected chi connectivity index (χ2v) is 4.76. The Morgan fingerprint density at radius 1 is 1.29 bits per heavy atom. The van der Waals surface area contributed by atoms with Crippen molar-refractivity contribution in [2.45, 2.75) is 31.6 Å². The molecule has 21 heavy (non-hydrogen) atoms.